The molecule has 1 aromatic carbocycles. The maximum absolute atomic E-state index is 11.8. The van der Waals surface area contributed by atoms with E-state index in [1.54, 1.807) is 14.1 Å². The largest absolute Gasteiger partial charge is 0.494 e. The summed E-state index contributed by atoms with van der Waals surface area (Å²) in [5.74, 6) is 1.52. The molecule has 134 valence electrons. The lowest BCUT2D eigenvalue weighted by Gasteiger charge is -2.24. The fourth-order valence-electron chi connectivity index (χ4n) is 2.22. The summed E-state index contributed by atoms with van der Waals surface area (Å²) in [5.41, 5.74) is 1.71. The van der Waals surface area contributed by atoms with Gasteiger partial charge in [0.1, 0.15) is 5.75 Å². The number of guanidine groups is 1. The third-order valence-electron chi connectivity index (χ3n) is 3.73. The van der Waals surface area contributed by atoms with Crippen molar-refractivity contribution in [2.24, 2.45) is 10.4 Å². The molecular weight excluding hydrogens is 304 g/mol. The fraction of sp³-hybridized carbons (Fsp3) is 0.556. The number of ether oxygens (including phenoxy) is 1. The van der Waals surface area contributed by atoms with E-state index in [1.807, 2.05) is 33.8 Å². The van der Waals surface area contributed by atoms with Crippen LogP contribution in [0.25, 0.3) is 0 Å². The number of nitrogens with one attached hydrogen (secondary N) is 3. The second-order valence-electron chi connectivity index (χ2n) is 6.29. The molecule has 6 nitrogen and oxygen atoms in total. The van der Waals surface area contributed by atoms with Crippen molar-refractivity contribution in [2.75, 3.05) is 27.2 Å². The third kappa shape index (κ3) is 5.76. The highest BCUT2D eigenvalue weighted by Crippen LogP contribution is 2.20. The lowest BCUT2D eigenvalue weighted by atomic mass is 9.92. The number of hydrogen-bond donors (Lipinski definition) is 3. The number of hydrogen-bond acceptors (Lipinski definition) is 3. The Kier molecular flexibility index (Phi) is 7.55. The Bertz CT molecular complexity index is 582. The molecule has 6 heteroatoms. The number of carbonyl (C=O) groups excluding carboxylic acids is 1. The van der Waals surface area contributed by atoms with Crippen LogP contribution in [0, 0.1) is 12.3 Å². The van der Waals surface area contributed by atoms with Crippen LogP contribution < -0.4 is 20.7 Å². The average Bonchev–Trinajstić information content (AvgIpc) is 2.56. The molecule has 3 N–H and O–H groups in total. The minimum absolute atomic E-state index is 0.0115. The first-order valence-corrected chi connectivity index (χ1v) is 8.23. The van der Waals surface area contributed by atoms with Crippen LogP contribution in [0.1, 0.15) is 31.9 Å². The topological polar surface area (TPSA) is 74.8 Å². The maximum atomic E-state index is 11.8. The highest BCUT2D eigenvalue weighted by molar-refractivity contribution is 5.84. The monoisotopic (exact) mass is 334 g/mol. The number of aryl methyl sites for hydroxylation is 1. The molecule has 1 amide bonds. The molecule has 24 heavy (non-hydrogen) atoms. The molecule has 0 radical (unpaired) electrons. The van der Waals surface area contributed by atoms with Crippen LogP contribution in [0.5, 0.6) is 5.75 Å². The summed E-state index contributed by atoms with van der Waals surface area (Å²) >= 11 is 0. The van der Waals surface area contributed by atoms with Gasteiger partial charge in [0.15, 0.2) is 5.96 Å². The first-order chi connectivity index (χ1) is 11.3. The first-order valence-electron chi connectivity index (χ1n) is 8.23. The molecule has 0 bridgehead atoms. The number of nitrogens with zero attached hydrogens (tertiary/aromatic N) is 1. The molecule has 0 aromatic heterocycles. The third-order valence-corrected chi connectivity index (χ3v) is 3.73. The fourth-order valence-corrected chi connectivity index (χ4v) is 2.22. The van der Waals surface area contributed by atoms with E-state index in [4.69, 9.17) is 4.74 Å². The van der Waals surface area contributed by atoms with Crippen molar-refractivity contribution in [3.05, 3.63) is 29.3 Å². The minimum atomic E-state index is -0.521. The van der Waals surface area contributed by atoms with E-state index in [-0.39, 0.29) is 5.91 Å². The van der Waals surface area contributed by atoms with Crippen LogP contribution in [0.2, 0.25) is 0 Å². The molecule has 0 aliphatic carbocycles. The molecule has 1 rings (SSSR count). The summed E-state index contributed by atoms with van der Waals surface area (Å²) in [4.78, 5) is 16.0. The Morgan fingerprint density at radius 2 is 2.00 bits per heavy atom. The van der Waals surface area contributed by atoms with Crippen LogP contribution in [0.3, 0.4) is 0 Å². The zero-order valence-corrected chi connectivity index (χ0v) is 15.6. The highest BCUT2D eigenvalue weighted by Gasteiger charge is 2.26. The maximum Gasteiger partial charge on any atom is 0.227 e. The molecule has 0 spiro atoms. The smallest absolute Gasteiger partial charge is 0.227 e. The van der Waals surface area contributed by atoms with Gasteiger partial charge in [-0.25, -0.2) is 0 Å². The van der Waals surface area contributed by atoms with Gasteiger partial charge in [0.25, 0.3) is 0 Å². The lowest BCUT2D eigenvalue weighted by molar-refractivity contribution is -0.128. The van der Waals surface area contributed by atoms with Gasteiger partial charge in [-0.05, 0) is 39.3 Å². The van der Waals surface area contributed by atoms with Gasteiger partial charge < -0.3 is 20.7 Å². The molecule has 0 aliphatic heterocycles. The van der Waals surface area contributed by atoms with Crippen molar-refractivity contribution < 1.29 is 9.53 Å². The van der Waals surface area contributed by atoms with E-state index < -0.39 is 5.41 Å². The summed E-state index contributed by atoms with van der Waals surface area (Å²) in [6, 6.07) is 6.14. The van der Waals surface area contributed by atoms with E-state index in [0.717, 1.165) is 16.9 Å². The van der Waals surface area contributed by atoms with Crippen molar-refractivity contribution in [1.82, 2.24) is 16.0 Å². The molecule has 0 atom stereocenters. The minimum Gasteiger partial charge on any atom is -0.494 e. The summed E-state index contributed by atoms with van der Waals surface area (Å²) in [6.45, 7) is 9.50. The van der Waals surface area contributed by atoms with Gasteiger partial charge in [-0.3, -0.25) is 9.79 Å². The summed E-state index contributed by atoms with van der Waals surface area (Å²) < 4.78 is 5.69. The zero-order valence-electron chi connectivity index (χ0n) is 15.6. The SMILES string of the molecule is CCOc1cc(C)ccc1CNC(=NC)NCC(C)(C)C(=O)NC. The molecule has 0 aliphatic rings. The lowest BCUT2D eigenvalue weighted by Crippen LogP contribution is -2.47. The second kappa shape index (κ2) is 9.15. The number of rotatable bonds is 7. The first kappa shape index (κ1) is 19.8. The molecule has 0 saturated carbocycles. The van der Waals surface area contributed by atoms with Gasteiger partial charge in [0.05, 0.1) is 12.0 Å². The van der Waals surface area contributed by atoms with Crippen molar-refractivity contribution in [1.29, 1.82) is 0 Å². The van der Waals surface area contributed by atoms with Crippen molar-refractivity contribution in [3.63, 3.8) is 0 Å². The van der Waals surface area contributed by atoms with Crippen LogP contribution in [-0.2, 0) is 11.3 Å². The van der Waals surface area contributed by atoms with Gasteiger partial charge in [0, 0.05) is 32.7 Å². The van der Waals surface area contributed by atoms with E-state index in [9.17, 15) is 4.79 Å². The van der Waals surface area contributed by atoms with Crippen molar-refractivity contribution in [3.8, 4) is 5.75 Å². The number of carbonyl (C=O) groups is 1. The Labute approximate surface area is 145 Å². The molecule has 0 heterocycles. The number of amides is 1. The number of benzene rings is 1. The van der Waals surface area contributed by atoms with Crippen molar-refractivity contribution >= 4 is 11.9 Å². The predicted octanol–water partition coefficient (Wildman–Crippen LogP) is 1.83. The van der Waals surface area contributed by atoms with Gasteiger partial charge >= 0.3 is 0 Å². The molecule has 1 aromatic rings. The van der Waals surface area contributed by atoms with Crippen LogP contribution >= 0.6 is 0 Å². The van der Waals surface area contributed by atoms with Crippen LogP contribution in [-0.4, -0.2) is 39.1 Å². The number of aliphatic imine (C=N–C) groups is 1. The summed E-state index contributed by atoms with van der Waals surface area (Å²) in [5, 5.41) is 9.13. The van der Waals surface area contributed by atoms with E-state index in [1.165, 1.54) is 0 Å². The molecule has 0 fully saturated rings. The molecule has 0 saturated heterocycles. The van der Waals surface area contributed by atoms with Crippen LogP contribution in [0.15, 0.2) is 23.2 Å². The standard InChI is InChI=1S/C18H30N4O2/c1-7-24-15-10-13(2)8-9-14(15)11-21-17(20-6)22-12-18(3,4)16(23)19-5/h8-10H,7,11-12H2,1-6H3,(H,19,23)(H2,20,21,22). The Hall–Kier alpha value is -2.24. The van der Waals surface area contributed by atoms with Gasteiger partial charge in [0.2, 0.25) is 5.91 Å². The van der Waals surface area contributed by atoms with E-state index in [2.05, 4.69) is 33.1 Å². The van der Waals surface area contributed by atoms with E-state index >= 15 is 0 Å². The highest BCUT2D eigenvalue weighted by atomic mass is 16.5. The normalized spacial score (nSPS) is 11.8. The summed E-state index contributed by atoms with van der Waals surface area (Å²) in [6.07, 6.45) is 0. The van der Waals surface area contributed by atoms with Gasteiger partial charge in [-0.1, -0.05) is 12.1 Å². The Balaban J connectivity index is 2.66. The Morgan fingerprint density at radius 3 is 2.58 bits per heavy atom. The van der Waals surface area contributed by atoms with Gasteiger partial charge in [-0.15, -0.1) is 0 Å². The Morgan fingerprint density at radius 1 is 1.29 bits per heavy atom. The van der Waals surface area contributed by atoms with Gasteiger partial charge in [-0.2, -0.15) is 0 Å². The predicted molar refractivity (Wildman–Crippen MR) is 98.4 cm³/mol. The molecular formula is C18H30N4O2. The van der Waals surface area contributed by atoms with Crippen molar-refractivity contribution in [2.45, 2.75) is 34.2 Å². The van der Waals surface area contributed by atoms with Crippen LogP contribution in [0.4, 0.5) is 0 Å². The second-order valence-corrected chi connectivity index (χ2v) is 6.29. The zero-order chi connectivity index (χ0) is 18.2. The average molecular weight is 334 g/mol. The van der Waals surface area contributed by atoms with E-state index in [0.29, 0.717) is 25.7 Å². The quantitative estimate of drug-likeness (QED) is 0.525. The molecule has 0 unspecified atom stereocenters. The summed E-state index contributed by atoms with van der Waals surface area (Å²) in [7, 11) is 3.35.